The highest BCUT2D eigenvalue weighted by molar-refractivity contribution is 7.91. The first-order chi connectivity index (χ1) is 7.56. The van der Waals surface area contributed by atoms with Gasteiger partial charge < -0.3 is 5.73 Å². The lowest BCUT2D eigenvalue weighted by Crippen LogP contribution is -2.29. The zero-order valence-corrected chi connectivity index (χ0v) is 12.1. The molecule has 0 radical (unpaired) electrons. The zero-order chi connectivity index (χ0) is 13.7. The molecule has 0 saturated heterocycles. The lowest BCUT2D eigenvalue weighted by atomic mass is 9.86. The number of ketones is 1. The standard InChI is InChI=1S/C12H25NO3S/c1-5-17(15,16)7-6-11(14)8-10(13)9-12(2,3)4/h10H,5-9,13H2,1-4H3. The van der Waals surface area contributed by atoms with Crippen molar-refractivity contribution in [2.45, 2.75) is 53.0 Å². The Kier molecular flexibility index (Phi) is 6.34. The predicted octanol–water partition coefficient (Wildman–Crippen LogP) is 1.53. The summed E-state index contributed by atoms with van der Waals surface area (Å²) in [7, 11) is -3.05. The normalized spacial score (nSPS) is 14.6. The van der Waals surface area contributed by atoms with Crippen LogP contribution in [0.2, 0.25) is 0 Å². The van der Waals surface area contributed by atoms with Gasteiger partial charge >= 0.3 is 0 Å². The zero-order valence-electron chi connectivity index (χ0n) is 11.3. The minimum atomic E-state index is -3.05. The van der Waals surface area contributed by atoms with Crippen molar-refractivity contribution in [2.24, 2.45) is 11.1 Å². The fraction of sp³-hybridized carbons (Fsp3) is 0.917. The van der Waals surface area contributed by atoms with Gasteiger partial charge in [0.25, 0.3) is 0 Å². The first-order valence-electron chi connectivity index (χ1n) is 6.03. The minimum absolute atomic E-state index is 0.0510. The molecule has 0 aliphatic rings. The van der Waals surface area contributed by atoms with Gasteiger partial charge in [-0.15, -0.1) is 0 Å². The van der Waals surface area contributed by atoms with Crippen molar-refractivity contribution in [1.29, 1.82) is 0 Å². The number of Topliss-reactive ketones (excluding diaryl/α,β-unsaturated/α-hetero) is 1. The Balaban J connectivity index is 4.03. The van der Waals surface area contributed by atoms with Gasteiger partial charge in [-0.2, -0.15) is 0 Å². The van der Waals surface area contributed by atoms with E-state index < -0.39 is 9.84 Å². The van der Waals surface area contributed by atoms with Crippen LogP contribution < -0.4 is 5.73 Å². The van der Waals surface area contributed by atoms with Gasteiger partial charge in [-0.1, -0.05) is 27.7 Å². The third-order valence-corrected chi connectivity index (χ3v) is 4.20. The molecule has 4 nitrogen and oxygen atoms in total. The lowest BCUT2D eigenvalue weighted by molar-refractivity contribution is -0.119. The third kappa shape index (κ3) is 9.30. The molecule has 0 aliphatic heterocycles. The first kappa shape index (κ1) is 16.6. The van der Waals surface area contributed by atoms with E-state index in [4.69, 9.17) is 5.73 Å². The van der Waals surface area contributed by atoms with Crippen LogP contribution in [0.4, 0.5) is 0 Å². The maximum atomic E-state index is 11.6. The SMILES string of the molecule is CCS(=O)(=O)CCC(=O)CC(N)CC(C)(C)C. The molecule has 0 amide bonds. The van der Waals surface area contributed by atoms with Crippen LogP contribution in [0.25, 0.3) is 0 Å². The molecular weight excluding hydrogens is 238 g/mol. The van der Waals surface area contributed by atoms with Crippen LogP contribution in [0, 0.1) is 5.41 Å². The predicted molar refractivity (Wildman–Crippen MR) is 70.6 cm³/mol. The van der Waals surface area contributed by atoms with Crippen molar-refractivity contribution in [3.63, 3.8) is 0 Å². The maximum absolute atomic E-state index is 11.6. The van der Waals surface area contributed by atoms with E-state index in [1.54, 1.807) is 6.92 Å². The Morgan fingerprint density at radius 3 is 2.24 bits per heavy atom. The fourth-order valence-electron chi connectivity index (χ4n) is 1.67. The highest BCUT2D eigenvalue weighted by Gasteiger charge is 2.19. The number of sulfone groups is 1. The second-order valence-corrected chi connectivity index (χ2v) is 8.23. The van der Waals surface area contributed by atoms with Gasteiger partial charge in [-0.25, -0.2) is 8.42 Å². The molecule has 0 aromatic heterocycles. The Labute approximate surface area is 105 Å². The van der Waals surface area contributed by atoms with Crippen molar-refractivity contribution >= 4 is 15.6 Å². The van der Waals surface area contributed by atoms with Gasteiger partial charge in [0.05, 0.1) is 5.75 Å². The Morgan fingerprint density at radius 2 is 1.82 bits per heavy atom. The molecule has 2 N–H and O–H groups in total. The second-order valence-electron chi connectivity index (χ2n) is 5.75. The number of nitrogens with two attached hydrogens (primary N) is 1. The molecule has 0 aromatic rings. The van der Waals surface area contributed by atoms with Crippen LogP contribution in [-0.4, -0.2) is 31.7 Å². The van der Waals surface area contributed by atoms with E-state index >= 15 is 0 Å². The maximum Gasteiger partial charge on any atom is 0.150 e. The van der Waals surface area contributed by atoms with E-state index in [1.807, 2.05) is 0 Å². The van der Waals surface area contributed by atoms with Crippen LogP contribution in [0.15, 0.2) is 0 Å². The third-order valence-electron chi connectivity index (χ3n) is 2.50. The van der Waals surface area contributed by atoms with Gasteiger partial charge in [-0.3, -0.25) is 4.79 Å². The summed E-state index contributed by atoms with van der Waals surface area (Å²) in [6.07, 6.45) is 1.13. The van der Waals surface area contributed by atoms with Crippen molar-refractivity contribution in [2.75, 3.05) is 11.5 Å². The van der Waals surface area contributed by atoms with Gasteiger partial charge in [-0.05, 0) is 11.8 Å². The summed E-state index contributed by atoms with van der Waals surface area (Å²) < 4.78 is 22.5. The molecule has 17 heavy (non-hydrogen) atoms. The van der Waals surface area contributed by atoms with E-state index in [9.17, 15) is 13.2 Å². The van der Waals surface area contributed by atoms with E-state index in [-0.39, 0.29) is 41.6 Å². The fourth-order valence-corrected chi connectivity index (χ4v) is 2.49. The Hall–Kier alpha value is -0.420. The van der Waals surface area contributed by atoms with Crippen molar-refractivity contribution in [3.05, 3.63) is 0 Å². The Morgan fingerprint density at radius 1 is 1.29 bits per heavy atom. The summed E-state index contributed by atoms with van der Waals surface area (Å²) >= 11 is 0. The highest BCUT2D eigenvalue weighted by Crippen LogP contribution is 2.21. The van der Waals surface area contributed by atoms with Gasteiger partial charge in [0.1, 0.15) is 15.6 Å². The van der Waals surface area contributed by atoms with E-state index in [1.165, 1.54) is 0 Å². The summed E-state index contributed by atoms with van der Waals surface area (Å²) in [5.41, 5.74) is 5.95. The van der Waals surface area contributed by atoms with Gasteiger partial charge in [0.2, 0.25) is 0 Å². The van der Waals surface area contributed by atoms with Crippen molar-refractivity contribution in [3.8, 4) is 0 Å². The number of rotatable bonds is 7. The lowest BCUT2D eigenvalue weighted by Gasteiger charge is -2.22. The van der Waals surface area contributed by atoms with E-state index in [2.05, 4.69) is 20.8 Å². The second kappa shape index (κ2) is 6.50. The summed E-state index contributed by atoms with van der Waals surface area (Å²) in [5, 5.41) is 0. The number of carbonyl (C=O) groups is 1. The van der Waals surface area contributed by atoms with E-state index in [0.29, 0.717) is 0 Å². The number of hydrogen-bond acceptors (Lipinski definition) is 4. The quantitative estimate of drug-likeness (QED) is 0.755. The molecule has 0 saturated carbocycles. The van der Waals surface area contributed by atoms with Crippen LogP contribution in [0.3, 0.4) is 0 Å². The summed E-state index contributed by atoms with van der Waals surface area (Å²) in [4.78, 5) is 11.6. The largest absolute Gasteiger partial charge is 0.327 e. The molecule has 0 heterocycles. The number of hydrogen-bond donors (Lipinski definition) is 1. The molecule has 0 bridgehead atoms. The van der Waals surface area contributed by atoms with Crippen LogP contribution in [0.1, 0.15) is 47.0 Å². The molecule has 0 fully saturated rings. The average molecular weight is 263 g/mol. The molecule has 102 valence electrons. The van der Waals surface area contributed by atoms with Gasteiger partial charge in [0.15, 0.2) is 0 Å². The smallest absolute Gasteiger partial charge is 0.150 e. The first-order valence-corrected chi connectivity index (χ1v) is 7.85. The average Bonchev–Trinajstić information content (AvgIpc) is 2.12. The summed E-state index contributed by atoms with van der Waals surface area (Å²) in [5.74, 6) is -0.0161. The topological polar surface area (TPSA) is 77.2 Å². The Bertz CT molecular complexity index is 341. The molecular formula is C12H25NO3S. The highest BCUT2D eigenvalue weighted by atomic mass is 32.2. The van der Waals surface area contributed by atoms with Crippen LogP contribution >= 0.6 is 0 Å². The van der Waals surface area contributed by atoms with E-state index in [0.717, 1.165) is 6.42 Å². The summed E-state index contributed by atoms with van der Waals surface area (Å²) in [6, 6.07) is -0.174. The number of carbonyl (C=O) groups excluding carboxylic acids is 1. The minimum Gasteiger partial charge on any atom is -0.327 e. The monoisotopic (exact) mass is 263 g/mol. The molecule has 0 spiro atoms. The molecule has 0 aromatic carbocycles. The molecule has 5 heteroatoms. The molecule has 0 rings (SSSR count). The molecule has 1 atom stereocenters. The van der Waals surface area contributed by atoms with Gasteiger partial charge in [0, 0.05) is 24.6 Å². The molecule has 1 unspecified atom stereocenters. The van der Waals surface area contributed by atoms with Crippen molar-refractivity contribution < 1.29 is 13.2 Å². The van der Waals surface area contributed by atoms with Crippen LogP contribution in [-0.2, 0) is 14.6 Å². The summed E-state index contributed by atoms with van der Waals surface area (Å²) in [6.45, 7) is 7.79. The molecule has 0 aliphatic carbocycles. The van der Waals surface area contributed by atoms with Crippen molar-refractivity contribution in [1.82, 2.24) is 0 Å². The van der Waals surface area contributed by atoms with Crippen LogP contribution in [0.5, 0.6) is 0 Å².